The number of fused-ring (bicyclic) bond motifs is 1. The Morgan fingerprint density at radius 1 is 0.865 bits per heavy atom. The van der Waals surface area contributed by atoms with Gasteiger partial charge in [0.05, 0.1) is 22.4 Å². The van der Waals surface area contributed by atoms with E-state index in [2.05, 4.69) is 20.8 Å². The molecule has 0 bridgehead atoms. The fourth-order valence-corrected chi connectivity index (χ4v) is 5.35. The molecule has 0 spiro atoms. The van der Waals surface area contributed by atoms with Crippen molar-refractivity contribution < 1.29 is 23.9 Å². The minimum Gasteiger partial charge on any atom is -0.458 e. The largest absolute Gasteiger partial charge is 0.458 e. The van der Waals surface area contributed by atoms with Crippen molar-refractivity contribution in [3.63, 3.8) is 0 Å². The lowest BCUT2D eigenvalue weighted by Gasteiger charge is -2.36. The van der Waals surface area contributed by atoms with Crippen molar-refractivity contribution in [1.82, 2.24) is 0 Å². The van der Waals surface area contributed by atoms with E-state index < -0.39 is 17.8 Å². The van der Waals surface area contributed by atoms with Crippen molar-refractivity contribution in [3.8, 4) is 11.5 Å². The van der Waals surface area contributed by atoms with Crippen LogP contribution in [0, 0.1) is 17.8 Å². The van der Waals surface area contributed by atoms with Gasteiger partial charge in [-0.05, 0) is 85.2 Å². The Bertz CT molecular complexity index is 1320. The molecule has 6 heteroatoms. The topological polar surface area (TPSA) is 72.9 Å². The number of nitrogens with zero attached hydrogens (tertiary/aromatic N) is 1. The molecule has 3 atom stereocenters. The minimum absolute atomic E-state index is 0.144. The Balaban J connectivity index is 1.32. The molecule has 0 aromatic heterocycles. The van der Waals surface area contributed by atoms with Crippen LogP contribution in [-0.4, -0.2) is 23.9 Å². The van der Waals surface area contributed by atoms with E-state index in [-0.39, 0.29) is 22.8 Å². The summed E-state index contributed by atoms with van der Waals surface area (Å²) in [4.78, 5) is 40.5. The average Bonchev–Trinajstić information content (AvgIpc) is 3.14. The molecule has 1 heterocycles. The van der Waals surface area contributed by atoms with Crippen LogP contribution in [0.4, 0.5) is 5.69 Å². The van der Waals surface area contributed by atoms with E-state index in [1.54, 1.807) is 36.4 Å². The number of ether oxygens (including phenoxy) is 2. The van der Waals surface area contributed by atoms with E-state index in [0.717, 1.165) is 24.2 Å². The van der Waals surface area contributed by atoms with Gasteiger partial charge in [0.1, 0.15) is 17.6 Å². The molecule has 6 nitrogen and oxygen atoms in total. The fraction of sp³-hybridized carbons (Fsp3) is 0.323. The van der Waals surface area contributed by atoms with Crippen molar-refractivity contribution >= 4 is 23.5 Å². The number of carbonyl (C=O) groups is 3. The van der Waals surface area contributed by atoms with Gasteiger partial charge in [0.25, 0.3) is 11.8 Å². The number of amides is 2. The lowest BCUT2D eigenvalue weighted by molar-refractivity contribution is -0.0174. The summed E-state index contributed by atoms with van der Waals surface area (Å²) in [5.74, 6) is 1.20. The van der Waals surface area contributed by atoms with Crippen LogP contribution in [-0.2, 0) is 4.74 Å². The Kier molecular flexibility index (Phi) is 6.83. The van der Waals surface area contributed by atoms with Crippen molar-refractivity contribution in [1.29, 1.82) is 0 Å². The predicted molar refractivity (Wildman–Crippen MR) is 141 cm³/mol. The molecule has 0 saturated heterocycles. The summed E-state index contributed by atoms with van der Waals surface area (Å²) in [5, 5.41) is 0. The highest BCUT2D eigenvalue weighted by Crippen LogP contribution is 2.36. The Labute approximate surface area is 217 Å². The molecule has 2 amide bonds. The van der Waals surface area contributed by atoms with Crippen LogP contribution >= 0.6 is 0 Å². The molecule has 1 aliphatic carbocycles. The number of hydrogen-bond acceptors (Lipinski definition) is 5. The Morgan fingerprint density at radius 2 is 1.54 bits per heavy atom. The molecule has 0 N–H and O–H groups in total. The smallest absolute Gasteiger partial charge is 0.338 e. The molecule has 1 fully saturated rings. The standard InChI is InChI=1S/C31H31NO5/c1-19(2)25-15-9-20(3)17-28(25)37-31(35)21-10-16-26-27(18-21)30(34)32(29(26)33)22-11-13-24(14-12-22)36-23-7-5-4-6-8-23/h4-8,10-14,16,18-20,25,28H,9,15,17H2,1-3H3/t20-,25-,28-/m1/s1. The lowest BCUT2D eigenvalue weighted by atomic mass is 9.75. The Morgan fingerprint density at radius 3 is 2.24 bits per heavy atom. The third-order valence-electron chi connectivity index (χ3n) is 7.42. The number of anilines is 1. The van der Waals surface area contributed by atoms with Crippen LogP contribution in [0.15, 0.2) is 72.8 Å². The second-order valence-corrected chi connectivity index (χ2v) is 10.4. The van der Waals surface area contributed by atoms with Crippen LogP contribution in [0.2, 0.25) is 0 Å². The van der Waals surface area contributed by atoms with Crippen molar-refractivity contribution in [2.75, 3.05) is 4.90 Å². The summed E-state index contributed by atoms with van der Waals surface area (Å²) >= 11 is 0. The molecule has 0 unspecified atom stereocenters. The first kappa shape index (κ1) is 24.8. The second-order valence-electron chi connectivity index (χ2n) is 10.4. The first-order valence-corrected chi connectivity index (χ1v) is 12.9. The third kappa shape index (κ3) is 5.01. The normalized spacial score (nSPS) is 21.2. The molecule has 3 aromatic carbocycles. The zero-order valence-electron chi connectivity index (χ0n) is 21.3. The quantitative estimate of drug-likeness (QED) is 0.274. The number of rotatable bonds is 6. The zero-order valence-corrected chi connectivity index (χ0v) is 21.3. The summed E-state index contributed by atoms with van der Waals surface area (Å²) in [6.45, 7) is 6.51. The summed E-state index contributed by atoms with van der Waals surface area (Å²) < 4.78 is 11.8. The highest BCUT2D eigenvalue weighted by atomic mass is 16.5. The van der Waals surface area contributed by atoms with Gasteiger partial charge in [0.15, 0.2) is 0 Å². The van der Waals surface area contributed by atoms with E-state index in [9.17, 15) is 14.4 Å². The number of para-hydroxylation sites is 1. The first-order valence-electron chi connectivity index (χ1n) is 12.9. The van der Waals surface area contributed by atoms with Gasteiger partial charge >= 0.3 is 5.97 Å². The number of imide groups is 1. The highest BCUT2D eigenvalue weighted by Gasteiger charge is 2.38. The van der Waals surface area contributed by atoms with Gasteiger partial charge in [-0.2, -0.15) is 0 Å². The molecule has 1 saturated carbocycles. The van der Waals surface area contributed by atoms with Crippen molar-refractivity contribution in [3.05, 3.63) is 89.5 Å². The number of esters is 1. The fourth-order valence-electron chi connectivity index (χ4n) is 5.35. The summed E-state index contributed by atoms with van der Waals surface area (Å²) in [6, 6.07) is 20.7. The van der Waals surface area contributed by atoms with Crippen LogP contribution in [0.25, 0.3) is 0 Å². The second kappa shape index (κ2) is 10.2. The molecule has 37 heavy (non-hydrogen) atoms. The van der Waals surface area contributed by atoms with Crippen LogP contribution < -0.4 is 9.64 Å². The van der Waals surface area contributed by atoms with Crippen molar-refractivity contribution in [2.45, 2.75) is 46.1 Å². The first-order chi connectivity index (χ1) is 17.8. The molecule has 0 radical (unpaired) electrons. The lowest BCUT2D eigenvalue weighted by Crippen LogP contribution is -2.35. The maximum absolute atomic E-state index is 13.3. The van der Waals surface area contributed by atoms with Crippen LogP contribution in [0.1, 0.15) is 71.1 Å². The van der Waals surface area contributed by atoms with Gasteiger partial charge in [0.2, 0.25) is 0 Å². The van der Waals surface area contributed by atoms with Crippen molar-refractivity contribution in [2.24, 2.45) is 17.8 Å². The van der Waals surface area contributed by atoms with Gasteiger partial charge in [-0.15, -0.1) is 0 Å². The summed E-state index contributed by atoms with van der Waals surface area (Å²) in [5.41, 5.74) is 1.21. The zero-order chi connectivity index (χ0) is 26.1. The van der Waals surface area contributed by atoms with E-state index in [1.807, 2.05) is 30.3 Å². The van der Waals surface area contributed by atoms with E-state index in [0.29, 0.717) is 34.9 Å². The number of benzene rings is 3. The molecule has 1 aliphatic heterocycles. The van der Waals surface area contributed by atoms with E-state index in [4.69, 9.17) is 9.47 Å². The predicted octanol–water partition coefficient (Wildman–Crippen LogP) is 6.90. The molecule has 3 aromatic rings. The molecular weight excluding hydrogens is 466 g/mol. The molecule has 5 rings (SSSR count). The highest BCUT2D eigenvalue weighted by molar-refractivity contribution is 6.34. The van der Waals surface area contributed by atoms with Gasteiger partial charge in [-0.25, -0.2) is 9.69 Å². The minimum atomic E-state index is -0.460. The summed E-state index contributed by atoms with van der Waals surface area (Å²) in [6.07, 6.45) is 2.88. The SMILES string of the molecule is CC(C)[C@H]1CC[C@@H](C)C[C@H]1OC(=O)c1ccc2c(c1)C(=O)N(c1ccc(Oc3ccccc3)cc1)C2=O. The monoisotopic (exact) mass is 497 g/mol. The van der Waals surface area contributed by atoms with E-state index in [1.165, 1.54) is 6.07 Å². The number of carbonyl (C=O) groups excluding carboxylic acids is 3. The molecule has 190 valence electrons. The van der Waals surface area contributed by atoms with Crippen LogP contribution in [0.3, 0.4) is 0 Å². The average molecular weight is 498 g/mol. The Hall–Kier alpha value is -3.93. The van der Waals surface area contributed by atoms with E-state index >= 15 is 0 Å². The van der Waals surface area contributed by atoms with Gasteiger partial charge in [0, 0.05) is 0 Å². The van der Waals surface area contributed by atoms with Gasteiger partial charge in [-0.1, -0.05) is 45.4 Å². The molecular formula is C31H31NO5. The molecule has 2 aliphatic rings. The maximum Gasteiger partial charge on any atom is 0.338 e. The maximum atomic E-state index is 13.3. The number of hydrogen-bond donors (Lipinski definition) is 0. The van der Waals surface area contributed by atoms with Gasteiger partial charge < -0.3 is 9.47 Å². The van der Waals surface area contributed by atoms with Gasteiger partial charge in [-0.3, -0.25) is 9.59 Å². The van der Waals surface area contributed by atoms with Crippen LogP contribution in [0.5, 0.6) is 11.5 Å². The third-order valence-corrected chi connectivity index (χ3v) is 7.42. The summed E-state index contributed by atoms with van der Waals surface area (Å²) in [7, 11) is 0.